The highest BCUT2D eigenvalue weighted by molar-refractivity contribution is 6.06. The van der Waals surface area contributed by atoms with Gasteiger partial charge in [-0.2, -0.15) is 0 Å². The highest BCUT2D eigenvalue weighted by Crippen LogP contribution is 2.29. The van der Waals surface area contributed by atoms with Gasteiger partial charge in [0.05, 0.1) is 16.6 Å². The van der Waals surface area contributed by atoms with Crippen LogP contribution in [0, 0.1) is 0 Å². The van der Waals surface area contributed by atoms with Gasteiger partial charge in [-0.15, -0.1) is 0 Å². The molecule has 1 amide bonds. The predicted molar refractivity (Wildman–Crippen MR) is 102 cm³/mol. The number of amides is 1. The second kappa shape index (κ2) is 6.25. The monoisotopic (exact) mass is 346 g/mol. The van der Waals surface area contributed by atoms with E-state index in [-0.39, 0.29) is 5.91 Å². The van der Waals surface area contributed by atoms with Gasteiger partial charge in [-0.3, -0.25) is 9.69 Å². The molecule has 0 spiro atoms. The molecule has 0 atom stereocenters. The highest BCUT2D eigenvalue weighted by Gasteiger charge is 2.22. The summed E-state index contributed by atoms with van der Waals surface area (Å²) in [4.78, 5) is 19.7. The number of carbonyl (C=O) groups excluding carboxylic acids is 1. The zero-order chi connectivity index (χ0) is 17.5. The number of hydrogen-bond acceptors (Lipinski definition) is 3. The number of nitrogens with one attached hydrogen (secondary N) is 1. The fourth-order valence-electron chi connectivity index (χ4n) is 4.19. The second-order valence-electron chi connectivity index (χ2n) is 7.20. The Morgan fingerprint density at radius 3 is 2.77 bits per heavy atom. The van der Waals surface area contributed by atoms with E-state index < -0.39 is 0 Å². The molecule has 1 aromatic heterocycles. The Morgan fingerprint density at radius 1 is 1.04 bits per heavy atom. The maximum atomic E-state index is 12.3. The third-order valence-corrected chi connectivity index (χ3v) is 5.42. The number of nitrogens with zero attached hydrogens (tertiary/aromatic N) is 3. The van der Waals surface area contributed by atoms with Crippen molar-refractivity contribution in [1.29, 1.82) is 0 Å². The molecule has 132 valence electrons. The average Bonchev–Trinajstić information content (AvgIpc) is 3.25. The molecule has 0 saturated carbocycles. The fourth-order valence-corrected chi connectivity index (χ4v) is 4.19. The lowest BCUT2D eigenvalue weighted by molar-refractivity contribution is 0.0956. The first kappa shape index (κ1) is 15.6. The van der Waals surface area contributed by atoms with Crippen molar-refractivity contribution in [2.75, 3.05) is 19.6 Å². The number of aromatic nitrogens is 2. The van der Waals surface area contributed by atoms with Gasteiger partial charge in [-0.1, -0.05) is 24.3 Å². The molecular formula is C21H22N4O. The van der Waals surface area contributed by atoms with Gasteiger partial charge in [-0.05, 0) is 49.7 Å². The zero-order valence-corrected chi connectivity index (χ0v) is 14.7. The van der Waals surface area contributed by atoms with Crippen LogP contribution in [0.5, 0.6) is 0 Å². The minimum Gasteiger partial charge on any atom is -0.350 e. The van der Waals surface area contributed by atoms with Crippen LogP contribution < -0.4 is 5.32 Å². The van der Waals surface area contributed by atoms with Gasteiger partial charge < -0.3 is 9.88 Å². The summed E-state index contributed by atoms with van der Waals surface area (Å²) in [5.41, 5.74) is 5.00. The maximum absolute atomic E-state index is 12.3. The summed E-state index contributed by atoms with van der Waals surface area (Å²) in [7, 11) is 0. The van der Waals surface area contributed by atoms with Gasteiger partial charge in [0, 0.05) is 25.2 Å². The molecule has 3 aromatic rings. The van der Waals surface area contributed by atoms with E-state index >= 15 is 0 Å². The van der Waals surface area contributed by atoms with Crippen LogP contribution in [-0.4, -0.2) is 40.0 Å². The van der Waals surface area contributed by atoms with Crippen LogP contribution in [0.4, 0.5) is 0 Å². The molecule has 5 heteroatoms. The van der Waals surface area contributed by atoms with E-state index in [2.05, 4.69) is 39.0 Å². The Hall–Kier alpha value is -2.66. The Labute approximate surface area is 152 Å². The third-order valence-electron chi connectivity index (χ3n) is 5.42. The van der Waals surface area contributed by atoms with Gasteiger partial charge in [0.1, 0.15) is 5.82 Å². The summed E-state index contributed by atoms with van der Waals surface area (Å²) in [6.45, 7) is 4.75. The van der Waals surface area contributed by atoms with Gasteiger partial charge in [0.15, 0.2) is 0 Å². The third kappa shape index (κ3) is 2.59. The molecule has 0 unspecified atom stereocenters. The Morgan fingerprint density at radius 2 is 1.88 bits per heavy atom. The quantitative estimate of drug-likeness (QED) is 0.793. The lowest BCUT2D eigenvalue weighted by atomic mass is 10.1. The molecule has 0 bridgehead atoms. The van der Waals surface area contributed by atoms with Crippen molar-refractivity contribution in [3.05, 3.63) is 53.6 Å². The molecule has 1 N–H and O–H groups in total. The SMILES string of the molecule is O=C1NCCn2c(-c3cccc(CN4CCCC4)c3)nc3cccc1c32. The summed E-state index contributed by atoms with van der Waals surface area (Å²) in [5.74, 6) is 0.941. The number of imidazole rings is 1. The Bertz CT molecular complexity index is 985. The van der Waals surface area contributed by atoms with Crippen LogP contribution >= 0.6 is 0 Å². The van der Waals surface area contributed by atoms with Gasteiger partial charge >= 0.3 is 0 Å². The van der Waals surface area contributed by atoms with Crippen LogP contribution in [-0.2, 0) is 13.1 Å². The largest absolute Gasteiger partial charge is 0.350 e. The number of rotatable bonds is 3. The molecule has 1 saturated heterocycles. The number of likely N-dealkylation sites (tertiary alicyclic amines) is 1. The van der Waals surface area contributed by atoms with Crippen molar-refractivity contribution in [3.8, 4) is 11.4 Å². The van der Waals surface area contributed by atoms with Crippen LogP contribution in [0.25, 0.3) is 22.4 Å². The number of carbonyl (C=O) groups is 1. The normalized spacial score (nSPS) is 17.5. The van der Waals surface area contributed by atoms with E-state index in [1.807, 2.05) is 18.2 Å². The lowest BCUT2D eigenvalue weighted by Gasteiger charge is -2.15. The number of hydrogen-bond donors (Lipinski definition) is 1. The smallest absolute Gasteiger partial charge is 0.253 e. The van der Waals surface area contributed by atoms with Gasteiger partial charge in [0.2, 0.25) is 0 Å². The molecule has 26 heavy (non-hydrogen) atoms. The minimum atomic E-state index is -0.0106. The molecule has 2 aromatic carbocycles. The molecule has 5 rings (SSSR count). The first-order chi connectivity index (χ1) is 12.8. The van der Waals surface area contributed by atoms with Crippen LogP contribution in [0.3, 0.4) is 0 Å². The molecule has 0 aliphatic carbocycles. The minimum absolute atomic E-state index is 0.0106. The first-order valence-corrected chi connectivity index (χ1v) is 9.39. The fraction of sp³-hybridized carbons (Fsp3) is 0.333. The summed E-state index contributed by atoms with van der Waals surface area (Å²) in [5, 5.41) is 2.98. The number of para-hydroxylation sites is 1. The number of benzene rings is 2. The summed E-state index contributed by atoms with van der Waals surface area (Å²) in [6, 6.07) is 14.5. The topological polar surface area (TPSA) is 50.2 Å². The lowest BCUT2D eigenvalue weighted by Crippen LogP contribution is -2.24. The van der Waals surface area contributed by atoms with Gasteiger partial charge in [-0.25, -0.2) is 4.98 Å². The van der Waals surface area contributed by atoms with Crippen molar-refractivity contribution in [2.24, 2.45) is 0 Å². The molecule has 0 radical (unpaired) electrons. The molecule has 1 fully saturated rings. The Kier molecular flexibility index (Phi) is 3.75. The van der Waals surface area contributed by atoms with Crippen molar-refractivity contribution >= 4 is 16.9 Å². The highest BCUT2D eigenvalue weighted by atomic mass is 16.1. The van der Waals surface area contributed by atoms with Crippen LogP contribution in [0.2, 0.25) is 0 Å². The Balaban J connectivity index is 1.60. The van der Waals surface area contributed by atoms with E-state index in [1.54, 1.807) is 0 Å². The zero-order valence-electron chi connectivity index (χ0n) is 14.7. The summed E-state index contributed by atoms with van der Waals surface area (Å²) < 4.78 is 2.19. The van der Waals surface area contributed by atoms with Crippen molar-refractivity contribution in [1.82, 2.24) is 19.8 Å². The summed E-state index contributed by atoms with van der Waals surface area (Å²) in [6.07, 6.45) is 2.61. The molecule has 2 aliphatic heterocycles. The van der Waals surface area contributed by atoms with Crippen molar-refractivity contribution in [3.63, 3.8) is 0 Å². The van der Waals surface area contributed by atoms with Crippen molar-refractivity contribution in [2.45, 2.75) is 25.9 Å². The van der Waals surface area contributed by atoms with E-state index in [1.165, 1.54) is 31.5 Å². The van der Waals surface area contributed by atoms with E-state index in [9.17, 15) is 4.79 Å². The van der Waals surface area contributed by atoms with E-state index in [0.29, 0.717) is 12.1 Å². The summed E-state index contributed by atoms with van der Waals surface area (Å²) >= 11 is 0. The van der Waals surface area contributed by atoms with Gasteiger partial charge in [0.25, 0.3) is 5.91 Å². The predicted octanol–water partition coefficient (Wildman–Crippen LogP) is 3.04. The molecule has 2 aliphatic rings. The maximum Gasteiger partial charge on any atom is 0.253 e. The molecule has 3 heterocycles. The van der Waals surface area contributed by atoms with E-state index in [0.717, 1.165) is 35.5 Å². The van der Waals surface area contributed by atoms with Crippen LogP contribution in [0.15, 0.2) is 42.5 Å². The first-order valence-electron chi connectivity index (χ1n) is 9.39. The average molecular weight is 346 g/mol. The van der Waals surface area contributed by atoms with E-state index in [4.69, 9.17) is 4.98 Å². The van der Waals surface area contributed by atoms with Crippen molar-refractivity contribution < 1.29 is 4.79 Å². The molecular weight excluding hydrogens is 324 g/mol. The van der Waals surface area contributed by atoms with Crippen LogP contribution in [0.1, 0.15) is 28.8 Å². The second-order valence-corrected chi connectivity index (χ2v) is 7.20. The standard InChI is InChI=1S/C21H22N4O/c26-21-17-7-4-8-18-19(17)25(12-9-22-21)20(23-18)16-6-3-5-15(13-16)14-24-10-1-2-11-24/h3-8,13H,1-2,9-12,14H2,(H,22,26). The molecule has 5 nitrogen and oxygen atoms in total.